The van der Waals surface area contributed by atoms with Crippen LogP contribution in [0.4, 0.5) is 0 Å². The SMILES string of the molecule is CCC(C)(COC(C)(C)CC)CSCCCS1(CCCSCC(C)(CC)COC(C)(C)CC)c2cc(B3OC(C)(C)C(C)(C)O3)ccc2-c2ccc(B3OC(C)(C)C(C)(C)O3)cc21. The lowest BCUT2D eigenvalue weighted by Crippen LogP contribution is -2.41. The van der Waals surface area contributed by atoms with Gasteiger partial charge in [0.25, 0.3) is 0 Å². The predicted molar refractivity (Wildman–Crippen MR) is 278 cm³/mol. The van der Waals surface area contributed by atoms with E-state index in [1.165, 1.54) is 20.9 Å². The first-order valence-electron chi connectivity index (χ1n) is 24.3. The highest BCUT2D eigenvalue weighted by Crippen LogP contribution is 2.72. The van der Waals surface area contributed by atoms with E-state index >= 15 is 0 Å². The summed E-state index contributed by atoms with van der Waals surface area (Å²) in [6, 6.07) is 14.2. The third kappa shape index (κ3) is 12.2. The van der Waals surface area contributed by atoms with Gasteiger partial charge in [0.05, 0.1) is 46.8 Å². The van der Waals surface area contributed by atoms with Gasteiger partial charge in [-0.15, -0.1) is 0 Å². The summed E-state index contributed by atoms with van der Waals surface area (Å²) in [7, 11) is -2.33. The summed E-state index contributed by atoms with van der Waals surface area (Å²) in [6.07, 6.45) is 6.54. The van der Waals surface area contributed by atoms with Crippen LogP contribution in [0.15, 0.2) is 46.2 Å². The smallest absolute Gasteiger partial charge is 0.399 e. The minimum atomic E-state index is -1.51. The Morgan fingerprint density at radius 3 is 1.16 bits per heavy atom. The molecule has 5 rings (SSSR count). The Kier molecular flexibility index (Phi) is 17.1. The van der Waals surface area contributed by atoms with E-state index in [-0.39, 0.29) is 22.0 Å². The van der Waals surface area contributed by atoms with Crippen molar-refractivity contribution < 1.29 is 28.1 Å². The highest BCUT2D eigenvalue weighted by atomic mass is 32.3. The van der Waals surface area contributed by atoms with Crippen molar-refractivity contribution >= 4 is 58.7 Å². The number of hydrogen-bond donors (Lipinski definition) is 0. The van der Waals surface area contributed by atoms with Crippen molar-refractivity contribution in [2.24, 2.45) is 10.8 Å². The molecule has 0 N–H and O–H groups in total. The van der Waals surface area contributed by atoms with Gasteiger partial charge in [0, 0.05) is 21.3 Å². The third-order valence-electron chi connectivity index (χ3n) is 15.7. The molecule has 2 aromatic rings. The Morgan fingerprint density at radius 2 is 0.857 bits per heavy atom. The number of benzene rings is 2. The second kappa shape index (κ2) is 20.2. The first-order chi connectivity index (χ1) is 29.1. The van der Waals surface area contributed by atoms with Crippen LogP contribution in [0.5, 0.6) is 0 Å². The summed E-state index contributed by atoms with van der Waals surface area (Å²) in [5.41, 5.74) is 3.43. The maximum absolute atomic E-state index is 6.71. The lowest BCUT2D eigenvalue weighted by molar-refractivity contribution is -0.0561. The van der Waals surface area contributed by atoms with Crippen LogP contribution in [-0.4, -0.2) is 95.6 Å². The lowest BCUT2D eigenvalue weighted by Gasteiger charge is -2.39. The van der Waals surface area contributed by atoms with Crippen molar-refractivity contribution in [3.05, 3.63) is 36.4 Å². The topological polar surface area (TPSA) is 55.4 Å². The molecule has 0 saturated carbocycles. The molecule has 2 unspecified atom stereocenters. The minimum Gasteiger partial charge on any atom is -0.399 e. The fraction of sp³-hybridized carbons (Fsp3) is 0.769. The van der Waals surface area contributed by atoms with Crippen molar-refractivity contribution in [1.29, 1.82) is 0 Å². The zero-order valence-corrected chi connectivity index (χ0v) is 45.6. The summed E-state index contributed by atoms with van der Waals surface area (Å²) >= 11 is 4.23. The molecule has 3 aliphatic rings. The molecule has 356 valence electrons. The van der Waals surface area contributed by atoms with Crippen molar-refractivity contribution in [1.82, 2.24) is 0 Å². The van der Waals surface area contributed by atoms with Crippen LogP contribution in [0.1, 0.15) is 163 Å². The van der Waals surface area contributed by atoms with Crippen LogP contribution in [0.25, 0.3) is 11.1 Å². The van der Waals surface area contributed by atoms with E-state index in [4.69, 9.17) is 28.1 Å². The average molecular weight is 927 g/mol. The molecular weight excluding hydrogens is 838 g/mol. The van der Waals surface area contributed by atoms with E-state index in [0.29, 0.717) is 0 Å². The Morgan fingerprint density at radius 1 is 0.524 bits per heavy atom. The Bertz CT molecular complexity index is 1680. The van der Waals surface area contributed by atoms with Gasteiger partial charge >= 0.3 is 14.2 Å². The largest absolute Gasteiger partial charge is 0.494 e. The zero-order valence-electron chi connectivity index (χ0n) is 43.2. The van der Waals surface area contributed by atoms with Crippen molar-refractivity contribution in [3.63, 3.8) is 0 Å². The summed E-state index contributed by atoms with van der Waals surface area (Å²) in [4.78, 5) is 2.99. The maximum Gasteiger partial charge on any atom is 0.494 e. The lowest BCUT2D eigenvalue weighted by atomic mass is 9.77. The summed E-state index contributed by atoms with van der Waals surface area (Å²) in [5, 5.41) is 0. The highest BCUT2D eigenvalue weighted by molar-refractivity contribution is 8.34. The molecule has 0 bridgehead atoms. The second-order valence-electron chi connectivity index (χ2n) is 22.9. The van der Waals surface area contributed by atoms with Crippen LogP contribution in [0.2, 0.25) is 0 Å². The van der Waals surface area contributed by atoms with Gasteiger partial charge in [-0.2, -0.15) is 33.6 Å². The van der Waals surface area contributed by atoms with Crippen LogP contribution in [0.3, 0.4) is 0 Å². The molecule has 3 aliphatic heterocycles. The fourth-order valence-corrected chi connectivity index (χ4v) is 15.4. The predicted octanol–water partition coefficient (Wildman–Crippen LogP) is 13.0. The quantitative estimate of drug-likeness (QED) is 0.0762. The van der Waals surface area contributed by atoms with Gasteiger partial charge in [-0.25, -0.2) is 0 Å². The normalized spacial score (nSPS) is 22.1. The van der Waals surface area contributed by atoms with Crippen molar-refractivity contribution in [3.8, 4) is 11.1 Å². The van der Waals surface area contributed by atoms with Gasteiger partial charge in [-0.05, 0) is 190 Å². The number of rotatable bonds is 24. The summed E-state index contributed by atoms with van der Waals surface area (Å²) in [6.45, 7) is 41.6. The first kappa shape index (κ1) is 53.3. The Balaban J connectivity index is 1.49. The van der Waals surface area contributed by atoms with Crippen LogP contribution in [0, 0.1) is 10.8 Å². The Labute approximate surface area is 397 Å². The monoisotopic (exact) mass is 927 g/mol. The molecule has 2 aromatic carbocycles. The van der Waals surface area contributed by atoms with Gasteiger partial charge in [-0.1, -0.05) is 65.8 Å². The number of fused-ring (bicyclic) bond motifs is 3. The van der Waals surface area contributed by atoms with E-state index in [1.54, 1.807) is 0 Å². The average Bonchev–Trinajstić information content (AvgIpc) is 3.72. The maximum atomic E-state index is 6.71. The number of ether oxygens (including phenoxy) is 2. The van der Waals surface area contributed by atoms with Gasteiger partial charge in [0.15, 0.2) is 0 Å². The van der Waals surface area contributed by atoms with Crippen molar-refractivity contribution in [2.45, 2.75) is 207 Å². The molecule has 6 nitrogen and oxygen atoms in total. The van der Waals surface area contributed by atoms with Gasteiger partial charge in [0.1, 0.15) is 0 Å². The van der Waals surface area contributed by atoms with E-state index in [2.05, 4.69) is 185 Å². The van der Waals surface area contributed by atoms with E-state index in [9.17, 15) is 0 Å². The molecule has 3 heterocycles. The summed E-state index contributed by atoms with van der Waals surface area (Å²) in [5.74, 6) is 6.72. The molecule has 63 heavy (non-hydrogen) atoms. The molecule has 0 spiro atoms. The molecule has 0 aliphatic carbocycles. The van der Waals surface area contributed by atoms with Gasteiger partial charge < -0.3 is 28.1 Å². The number of thioether (sulfide) groups is 2. The zero-order chi connectivity index (χ0) is 46.9. The standard InChI is InChI=1S/C52H88B2O6S3/c1-19-45(5,6)55-35-51(17,21-3)37-61-29-23-31-63(32-24-30-62-38-52(18,22-4)36-56-46(7,8)20-2)43-33-39(53-57-47(9,10)48(11,12)58-53)25-27-41(43)42-28-26-40(34-44(42)63)54-59-49(13,14)50(15,16)60-54/h25-28,33-34H,19-24,29-32,35-38H2,1-18H3. The van der Waals surface area contributed by atoms with Crippen LogP contribution < -0.4 is 10.9 Å². The molecule has 2 saturated heterocycles. The Hall–Kier alpha value is -0.620. The molecular formula is C52H88B2O6S3. The van der Waals surface area contributed by atoms with Crippen LogP contribution >= 0.6 is 33.6 Å². The molecule has 11 heteroatoms. The van der Waals surface area contributed by atoms with Gasteiger partial charge in [0.2, 0.25) is 0 Å². The highest BCUT2D eigenvalue weighted by Gasteiger charge is 2.54. The molecule has 2 atom stereocenters. The van der Waals surface area contributed by atoms with E-state index in [1.807, 2.05) is 0 Å². The molecule has 0 amide bonds. The first-order valence-corrected chi connectivity index (χ1v) is 28.6. The molecule has 2 fully saturated rings. The minimum absolute atomic E-state index is 0.0921. The van der Waals surface area contributed by atoms with Crippen molar-refractivity contribution in [2.75, 3.05) is 47.7 Å². The molecule has 0 aromatic heterocycles. The second-order valence-corrected chi connectivity index (χ2v) is 28.6. The van der Waals surface area contributed by atoms with Crippen LogP contribution in [-0.2, 0) is 28.1 Å². The van der Waals surface area contributed by atoms with E-state index < -0.39 is 46.7 Å². The summed E-state index contributed by atoms with van der Waals surface area (Å²) < 4.78 is 39.8. The van der Waals surface area contributed by atoms with E-state index in [0.717, 1.165) is 97.2 Å². The number of hydrogen-bond acceptors (Lipinski definition) is 8. The molecule has 0 radical (unpaired) electrons. The van der Waals surface area contributed by atoms with Gasteiger partial charge in [-0.3, -0.25) is 0 Å². The third-order valence-corrected chi connectivity index (χ3v) is 23.0. The fourth-order valence-electron chi connectivity index (χ4n) is 7.97.